The van der Waals surface area contributed by atoms with Gasteiger partial charge in [0, 0.05) is 0 Å². The number of phenolic OH excluding ortho intramolecular Hbond substituents is 1. The zero-order chi connectivity index (χ0) is 8.85. The Morgan fingerprint density at radius 3 is 2.00 bits per heavy atom. The van der Waals surface area contributed by atoms with Crippen molar-refractivity contribution in [3.63, 3.8) is 0 Å². The van der Waals surface area contributed by atoms with E-state index in [0.29, 0.717) is 0 Å². The van der Waals surface area contributed by atoms with Crippen LogP contribution in [0, 0.1) is 11.6 Å². The molecule has 3 nitrogen and oxygen atoms in total. The molecule has 62 valence electrons. The standard InChI is InChI=1S/C6H4F2O.H2O2/c7-4-2-1-3-5(9)6(4)8;1-2/h1-3,9H;1-2H. The minimum Gasteiger partial charge on any atom is -0.505 e. The molecule has 0 bridgehead atoms. The molecule has 0 saturated heterocycles. The molecule has 11 heavy (non-hydrogen) atoms. The van der Waals surface area contributed by atoms with Crippen LogP contribution in [0.4, 0.5) is 8.78 Å². The molecular formula is C6H6F2O3. The Bertz CT molecular complexity index is 207. The molecule has 1 aromatic carbocycles. The van der Waals surface area contributed by atoms with Crippen molar-refractivity contribution < 1.29 is 24.4 Å². The molecule has 0 aromatic heterocycles. The molecule has 0 unspecified atom stereocenters. The van der Waals surface area contributed by atoms with Gasteiger partial charge in [-0.05, 0) is 12.1 Å². The largest absolute Gasteiger partial charge is 0.505 e. The molecule has 0 spiro atoms. The van der Waals surface area contributed by atoms with Gasteiger partial charge in [0.2, 0.25) is 0 Å². The third-order valence-corrected chi connectivity index (χ3v) is 0.931. The number of rotatable bonds is 0. The lowest BCUT2D eigenvalue weighted by Crippen LogP contribution is -1.81. The van der Waals surface area contributed by atoms with E-state index in [1.807, 2.05) is 0 Å². The van der Waals surface area contributed by atoms with Crippen molar-refractivity contribution >= 4 is 0 Å². The average molecular weight is 164 g/mol. The van der Waals surface area contributed by atoms with Crippen LogP contribution < -0.4 is 0 Å². The molecule has 1 rings (SSSR count). The van der Waals surface area contributed by atoms with Crippen LogP contribution in [0.5, 0.6) is 5.75 Å². The van der Waals surface area contributed by atoms with E-state index in [-0.39, 0.29) is 0 Å². The van der Waals surface area contributed by atoms with Gasteiger partial charge in [-0.25, -0.2) is 4.39 Å². The third kappa shape index (κ3) is 2.48. The zero-order valence-electron chi connectivity index (χ0n) is 5.33. The molecule has 0 amide bonds. The summed E-state index contributed by atoms with van der Waals surface area (Å²) in [5.74, 6) is -2.89. The van der Waals surface area contributed by atoms with E-state index >= 15 is 0 Å². The highest BCUT2D eigenvalue weighted by molar-refractivity contribution is 5.22. The number of benzene rings is 1. The van der Waals surface area contributed by atoms with Gasteiger partial charge in [0.15, 0.2) is 17.4 Å². The summed E-state index contributed by atoms with van der Waals surface area (Å²) in [5, 5.41) is 20.5. The Labute approximate surface area is 61.1 Å². The molecule has 0 radical (unpaired) electrons. The first-order valence-corrected chi connectivity index (χ1v) is 2.55. The first-order chi connectivity index (χ1) is 5.22. The lowest BCUT2D eigenvalue weighted by Gasteiger charge is -1.92. The van der Waals surface area contributed by atoms with Crippen LogP contribution in [0.15, 0.2) is 18.2 Å². The molecule has 1 aromatic rings. The smallest absolute Gasteiger partial charge is 0.200 e. The summed E-state index contributed by atoms with van der Waals surface area (Å²) in [6.45, 7) is 0. The van der Waals surface area contributed by atoms with E-state index < -0.39 is 17.4 Å². The Kier molecular flexibility index (Phi) is 4.09. The number of hydrogen-bond acceptors (Lipinski definition) is 3. The molecular weight excluding hydrogens is 158 g/mol. The van der Waals surface area contributed by atoms with E-state index in [0.717, 1.165) is 12.1 Å². The molecule has 0 heterocycles. The maximum Gasteiger partial charge on any atom is 0.200 e. The molecule has 3 N–H and O–H groups in total. The van der Waals surface area contributed by atoms with E-state index in [2.05, 4.69) is 0 Å². The molecule has 0 aliphatic heterocycles. The van der Waals surface area contributed by atoms with Crippen molar-refractivity contribution in [1.29, 1.82) is 0 Å². The number of hydrogen-bond donors (Lipinski definition) is 3. The highest BCUT2D eigenvalue weighted by Crippen LogP contribution is 2.16. The number of aromatic hydroxyl groups is 1. The molecule has 0 atom stereocenters. The second-order valence-corrected chi connectivity index (χ2v) is 1.57. The molecule has 0 fully saturated rings. The fourth-order valence-electron chi connectivity index (χ4n) is 0.492. The van der Waals surface area contributed by atoms with Crippen molar-refractivity contribution in [2.75, 3.05) is 0 Å². The van der Waals surface area contributed by atoms with Crippen molar-refractivity contribution in [3.8, 4) is 5.75 Å². The monoisotopic (exact) mass is 164 g/mol. The van der Waals surface area contributed by atoms with Gasteiger partial charge in [-0.3, -0.25) is 10.5 Å². The minimum absolute atomic E-state index is 0.657. The first kappa shape index (κ1) is 9.80. The fraction of sp³-hybridized carbons (Fsp3) is 0. The van der Waals surface area contributed by atoms with Gasteiger partial charge in [-0.15, -0.1) is 0 Å². The lowest BCUT2D eigenvalue weighted by molar-refractivity contribution is -0.176. The van der Waals surface area contributed by atoms with E-state index in [9.17, 15) is 8.78 Å². The van der Waals surface area contributed by atoms with Crippen LogP contribution >= 0.6 is 0 Å². The summed E-state index contributed by atoms with van der Waals surface area (Å²) >= 11 is 0. The summed E-state index contributed by atoms with van der Waals surface area (Å²) in [4.78, 5) is 0. The average Bonchev–Trinajstić information content (AvgIpc) is 2.04. The van der Waals surface area contributed by atoms with Crippen molar-refractivity contribution in [1.82, 2.24) is 0 Å². The summed E-state index contributed by atoms with van der Waals surface area (Å²) in [7, 11) is 0. The van der Waals surface area contributed by atoms with Gasteiger partial charge in [-0.1, -0.05) is 6.07 Å². The Balaban J connectivity index is 0.000000461. The quantitative estimate of drug-likeness (QED) is 0.404. The number of phenols is 1. The molecule has 0 aliphatic carbocycles. The van der Waals surface area contributed by atoms with Crippen LogP contribution in [0.25, 0.3) is 0 Å². The topological polar surface area (TPSA) is 60.7 Å². The van der Waals surface area contributed by atoms with Gasteiger partial charge >= 0.3 is 0 Å². The summed E-state index contributed by atoms with van der Waals surface area (Å²) in [6.07, 6.45) is 0. The molecule has 5 heteroatoms. The summed E-state index contributed by atoms with van der Waals surface area (Å²) in [6, 6.07) is 3.25. The predicted molar refractivity (Wildman–Crippen MR) is 33.3 cm³/mol. The summed E-state index contributed by atoms with van der Waals surface area (Å²) in [5.41, 5.74) is 0. The van der Waals surface area contributed by atoms with Crippen LogP contribution in [0.2, 0.25) is 0 Å². The van der Waals surface area contributed by atoms with Gasteiger partial charge in [-0.2, -0.15) is 4.39 Å². The van der Waals surface area contributed by atoms with Crippen LogP contribution in [-0.2, 0) is 0 Å². The van der Waals surface area contributed by atoms with E-state index in [4.69, 9.17) is 15.6 Å². The normalized spacial score (nSPS) is 8.36. The Morgan fingerprint density at radius 2 is 1.64 bits per heavy atom. The van der Waals surface area contributed by atoms with Crippen LogP contribution in [0.3, 0.4) is 0 Å². The fourth-order valence-corrected chi connectivity index (χ4v) is 0.492. The summed E-state index contributed by atoms with van der Waals surface area (Å²) < 4.78 is 24.2. The van der Waals surface area contributed by atoms with Gasteiger partial charge < -0.3 is 5.11 Å². The van der Waals surface area contributed by atoms with Gasteiger partial charge in [0.1, 0.15) is 0 Å². The zero-order valence-corrected chi connectivity index (χ0v) is 5.33. The van der Waals surface area contributed by atoms with Crippen molar-refractivity contribution in [3.05, 3.63) is 29.8 Å². The Hall–Kier alpha value is -1.20. The van der Waals surface area contributed by atoms with Crippen LogP contribution in [-0.4, -0.2) is 15.6 Å². The van der Waals surface area contributed by atoms with Crippen molar-refractivity contribution in [2.24, 2.45) is 0 Å². The maximum absolute atomic E-state index is 12.1. The van der Waals surface area contributed by atoms with E-state index in [1.54, 1.807) is 0 Å². The maximum atomic E-state index is 12.1. The molecule has 0 aliphatic rings. The minimum atomic E-state index is -1.20. The number of halogens is 2. The highest BCUT2D eigenvalue weighted by atomic mass is 19.2. The Morgan fingerprint density at radius 1 is 1.09 bits per heavy atom. The lowest BCUT2D eigenvalue weighted by atomic mass is 10.3. The van der Waals surface area contributed by atoms with Crippen molar-refractivity contribution in [2.45, 2.75) is 0 Å². The first-order valence-electron chi connectivity index (χ1n) is 2.55. The molecule has 0 saturated carbocycles. The van der Waals surface area contributed by atoms with E-state index in [1.165, 1.54) is 6.07 Å². The predicted octanol–water partition coefficient (Wildman–Crippen LogP) is 1.69. The van der Waals surface area contributed by atoms with Crippen LogP contribution in [0.1, 0.15) is 0 Å². The second kappa shape index (κ2) is 4.59. The highest BCUT2D eigenvalue weighted by Gasteiger charge is 2.03. The second-order valence-electron chi connectivity index (χ2n) is 1.57. The van der Waals surface area contributed by atoms with Gasteiger partial charge in [0.25, 0.3) is 0 Å². The third-order valence-electron chi connectivity index (χ3n) is 0.931. The SMILES string of the molecule is OO.Oc1cccc(F)c1F. The van der Waals surface area contributed by atoms with Gasteiger partial charge in [0.05, 0.1) is 0 Å².